The van der Waals surface area contributed by atoms with Crippen LogP contribution in [0.3, 0.4) is 0 Å². The number of aliphatic carboxylic acids is 1. The number of carbonyl (C=O) groups excluding carboxylic acids is 1. The Morgan fingerprint density at radius 3 is 2.83 bits per heavy atom. The van der Waals surface area contributed by atoms with Gasteiger partial charge in [-0.1, -0.05) is 6.92 Å². The molecule has 1 amide bonds. The van der Waals surface area contributed by atoms with Crippen LogP contribution < -0.4 is 10.6 Å². The summed E-state index contributed by atoms with van der Waals surface area (Å²) >= 11 is 0. The molecule has 1 aliphatic heterocycles. The number of rotatable bonds is 8. The number of amides is 1. The summed E-state index contributed by atoms with van der Waals surface area (Å²) in [7, 11) is 0. The van der Waals surface area contributed by atoms with Crippen LogP contribution in [0, 0.1) is 11.8 Å². The van der Waals surface area contributed by atoms with Gasteiger partial charge in [0.05, 0.1) is 0 Å². The molecule has 18 heavy (non-hydrogen) atoms. The summed E-state index contributed by atoms with van der Waals surface area (Å²) < 4.78 is 0. The summed E-state index contributed by atoms with van der Waals surface area (Å²) in [6.07, 6.45) is 3.48. The van der Waals surface area contributed by atoms with Crippen molar-refractivity contribution in [2.45, 2.75) is 39.0 Å². The number of carboxylic acids is 1. The topological polar surface area (TPSA) is 78.4 Å². The number of carbonyl (C=O) groups is 2. The van der Waals surface area contributed by atoms with Gasteiger partial charge in [-0.25, -0.2) is 0 Å². The highest BCUT2D eigenvalue weighted by molar-refractivity contribution is 5.75. The van der Waals surface area contributed by atoms with Crippen LogP contribution in [0.4, 0.5) is 0 Å². The average molecular weight is 256 g/mol. The monoisotopic (exact) mass is 256 g/mol. The SMILES string of the molecule is CC(CCC(=O)O)CNC(=O)CCC1CCNC1. The first kappa shape index (κ1) is 15.0. The number of carboxylic acid groups (broad SMARTS) is 1. The van der Waals surface area contributed by atoms with Crippen LogP contribution in [-0.4, -0.2) is 36.6 Å². The second kappa shape index (κ2) is 8.08. The zero-order chi connectivity index (χ0) is 13.4. The highest BCUT2D eigenvalue weighted by Crippen LogP contribution is 2.14. The maximum atomic E-state index is 11.6. The fraction of sp³-hybridized carbons (Fsp3) is 0.846. The molecule has 1 aliphatic rings. The van der Waals surface area contributed by atoms with Crippen LogP contribution in [-0.2, 0) is 9.59 Å². The predicted octanol–water partition coefficient (Wildman–Crippen LogP) is 0.993. The molecule has 5 heteroatoms. The Balaban J connectivity index is 2.03. The van der Waals surface area contributed by atoms with E-state index in [1.807, 2.05) is 6.92 Å². The molecule has 5 nitrogen and oxygen atoms in total. The van der Waals surface area contributed by atoms with E-state index in [1.54, 1.807) is 0 Å². The molecule has 0 aliphatic carbocycles. The summed E-state index contributed by atoms with van der Waals surface area (Å²) in [5, 5.41) is 14.7. The molecule has 1 heterocycles. The Morgan fingerprint density at radius 2 is 2.22 bits per heavy atom. The van der Waals surface area contributed by atoms with E-state index in [1.165, 1.54) is 6.42 Å². The lowest BCUT2D eigenvalue weighted by atomic mass is 10.0. The lowest BCUT2D eigenvalue weighted by molar-refractivity contribution is -0.137. The summed E-state index contributed by atoms with van der Waals surface area (Å²) in [5.74, 6) is 0.171. The van der Waals surface area contributed by atoms with E-state index in [4.69, 9.17) is 5.11 Å². The molecule has 2 unspecified atom stereocenters. The quantitative estimate of drug-likeness (QED) is 0.605. The van der Waals surface area contributed by atoms with Crippen LogP contribution >= 0.6 is 0 Å². The van der Waals surface area contributed by atoms with Gasteiger partial charge in [-0.15, -0.1) is 0 Å². The summed E-state index contributed by atoms with van der Waals surface area (Å²) in [4.78, 5) is 22.0. The minimum atomic E-state index is -0.776. The second-order valence-electron chi connectivity index (χ2n) is 5.24. The van der Waals surface area contributed by atoms with Crippen molar-refractivity contribution in [2.24, 2.45) is 11.8 Å². The van der Waals surface area contributed by atoms with Gasteiger partial charge in [0, 0.05) is 19.4 Å². The van der Waals surface area contributed by atoms with E-state index in [2.05, 4.69) is 10.6 Å². The lowest BCUT2D eigenvalue weighted by Crippen LogP contribution is -2.28. The highest BCUT2D eigenvalue weighted by atomic mass is 16.4. The molecule has 104 valence electrons. The van der Waals surface area contributed by atoms with E-state index < -0.39 is 5.97 Å². The second-order valence-corrected chi connectivity index (χ2v) is 5.24. The van der Waals surface area contributed by atoms with Gasteiger partial charge in [0.2, 0.25) is 5.91 Å². The van der Waals surface area contributed by atoms with Crippen molar-refractivity contribution in [3.05, 3.63) is 0 Å². The van der Waals surface area contributed by atoms with Gasteiger partial charge in [0.15, 0.2) is 0 Å². The van der Waals surface area contributed by atoms with Gasteiger partial charge in [-0.3, -0.25) is 9.59 Å². The van der Waals surface area contributed by atoms with Crippen molar-refractivity contribution >= 4 is 11.9 Å². The molecule has 2 atom stereocenters. The van der Waals surface area contributed by atoms with Gasteiger partial charge >= 0.3 is 5.97 Å². The van der Waals surface area contributed by atoms with Gasteiger partial charge in [-0.2, -0.15) is 0 Å². The third-order valence-electron chi connectivity index (χ3n) is 3.44. The Bertz CT molecular complexity index is 275. The van der Waals surface area contributed by atoms with Crippen molar-refractivity contribution in [3.63, 3.8) is 0 Å². The first-order valence-electron chi connectivity index (χ1n) is 6.77. The lowest BCUT2D eigenvalue weighted by Gasteiger charge is -2.12. The molecule has 0 saturated carbocycles. The first-order chi connectivity index (χ1) is 8.58. The van der Waals surface area contributed by atoms with E-state index in [9.17, 15) is 9.59 Å². The van der Waals surface area contributed by atoms with E-state index in [0.29, 0.717) is 25.3 Å². The van der Waals surface area contributed by atoms with Crippen LogP contribution in [0.5, 0.6) is 0 Å². The fourth-order valence-corrected chi connectivity index (χ4v) is 2.14. The zero-order valence-electron chi connectivity index (χ0n) is 11.1. The molecule has 1 saturated heterocycles. The zero-order valence-corrected chi connectivity index (χ0v) is 11.1. The molecule has 0 aromatic carbocycles. The van der Waals surface area contributed by atoms with Gasteiger partial charge in [0.1, 0.15) is 0 Å². The van der Waals surface area contributed by atoms with Crippen LogP contribution in [0.2, 0.25) is 0 Å². The average Bonchev–Trinajstić information content (AvgIpc) is 2.84. The number of nitrogens with one attached hydrogen (secondary N) is 2. The smallest absolute Gasteiger partial charge is 0.303 e. The third-order valence-corrected chi connectivity index (χ3v) is 3.44. The number of hydrogen-bond acceptors (Lipinski definition) is 3. The van der Waals surface area contributed by atoms with Crippen molar-refractivity contribution in [3.8, 4) is 0 Å². The molecule has 1 fully saturated rings. The van der Waals surface area contributed by atoms with Crippen molar-refractivity contribution in [2.75, 3.05) is 19.6 Å². The van der Waals surface area contributed by atoms with Gasteiger partial charge in [0.25, 0.3) is 0 Å². The molecule has 0 aromatic heterocycles. The summed E-state index contributed by atoms with van der Waals surface area (Å²) in [5.41, 5.74) is 0. The molecular weight excluding hydrogens is 232 g/mol. The fourth-order valence-electron chi connectivity index (χ4n) is 2.14. The van der Waals surface area contributed by atoms with Gasteiger partial charge in [-0.05, 0) is 44.2 Å². The van der Waals surface area contributed by atoms with Crippen LogP contribution in [0.25, 0.3) is 0 Å². The third kappa shape index (κ3) is 6.59. The molecular formula is C13H24N2O3. The Labute approximate surface area is 108 Å². The maximum absolute atomic E-state index is 11.6. The largest absolute Gasteiger partial charge is 0.481 e. The predicted molar refractivity (Wildman–Crippen MR) is 69.3 cm³/mol. The van der Waals surface area contributed by atoms with Crippen molar-refractivity contribution in [1.82, 2.24) is 10.6 Å². The Kier molecular flexibility index (Phi) is 6.72. The molecule has 0 bridgehead atoms. The van der Waals surface area contributed by atoms with Crippen LogP contribution in [0.1, 0.15) is 39.0 Å². The highest BCUT2D eigenvalue weighted by Gasteiger charge is 2.15. The Morgan fingerprint density at radius 1 is 1.44 bits per heavy atom. The minimum absolute atomic E-state index is 0.0871. The van der Waals surface area contributed by atoms with E-state index in [-0.39, 0.29) is 18.2 Å². The molecule has 0 radical (unpaired) electrons. The summed E-state index contributed by atoms with van der Waals surface area (Å²) in [6, 6.07) is 0. The van der Waals surface area contributed by atoms with E-state index >= 15 is 0 Å². The standard InChI is InChI=1S/C13H24N2O3/c1-10(2-5-13(17)18)8-15-12(16)4-3-11-6-7-14-9-11/h10-11,14H,2-9H2,1H3,(H,15,16)(H,17,18). The number of hydrogen-bond donors (Lipinski definition) is 3. The maximum Gasteiger partial charge on any atom is 0.303 e. The van der Waals surface area contributed by atoms with Crippen molar-refractivity contribution < 1.29 is 14.7 Å². The van der Waals surface area contributed by atoms with Crippen molar-refractivity contribution in [1.29, 1.82) is 0 Å². The van der Waals surface area contributed by atoms with E-state index in [0.717, 1.165) is 19.5 Å². The minimum Gasteiger partial charge on any atom is -0.481 e. The molecule has 3 N–H and O–H groups in total. The van der Waals surface area contributed by atoms with Crippen LogP contribution in [0.15, 0.2) is 0 Å². The molecule has 1 rings (SSSR count). The molecule has 0 spiro atoms. The van der Waals surface area contributed by atoms with Gasteiger partial charge < -0.3 is 15.7 Å². The normalized spacial score (nSPS) is 20.6. The summed E-state index contributed by atoms with van der Waals surface area (Å²) in [6.45, 7) is 4.64. The molecule has 0 aromatic rings. The Hall–Kier alpha value is -1.10. The first-order valence-corrected chi connectivity index (χ1v) is 6.77.